The first-order valence-electron chi connectivity index (χ1n) is 12.8. The molecular formula is C28H34N6O2. The van der Waals surface area contributed by atoms with Crippen molar-refractivity contribution in [1.82, 2.24) is 30.3 Å². The van der Waals surface area contributed by atoms with Gasteiger partial charge in [0.1, 0.15) is 0 Å². The third-order valence-corrected chi connectivity index (χ3v) is 7.27. The highest BCUT2D eigenvalue weighted by Gasteiger charge is 2.23. The molecule has 2 aliphatic heterocycles. The van der Waals surface area contributed by atoms with E-state index in [1.807, 2.05) is 37.5 Å². The number of piperidine rings is 2. The molecule has 2 fully saturated rings. The summed E-state index contributed by atoms with van der Waals surface area (Å²) < 4.78 is 0. The van der Waals surface area contributed by atoms with E-state index >= 15 is 0 Å². The number of H-pyrrole nitrogens is 1. The summed E-state index contributed by atoms with van der Waals surface area (Å²) in [5.41, 5.74) is 4.44. The molecule has 2 aliphatic rings. The minimum atomic E-state index is -0.174. The number of nitrogens with one attached hydrogen (secondary N) is 2. The molecule has 3 N–H and O–H groups in total. The normalized spacial score (nSPS) is 18.2. The number of aromatic amines is 1. The van der Waals surface area contributed by atoms with Crippen LogP contribution in [0, 0.1) is 11.8 Å². The lowest BCUT2D eigenvalue weighted by Gasteiger charge is -2.30. The highest BCUT2D eigenvalue weighted by atomic mass is 16.3. The third kappa shape index (κ3) is 5.76. The van der Waals surface area contributed by atoms with Crippen LogP contribution in [-0.2, 0) is 6.54 Å². The van der Waals surface area contributed by atoms with Crippen molar-refractivity contribution in [2.75, 3.05) is 32.7 Å². The van der Waals surface area contributed by atoms with E-state index in [-0.39, 0.29) is 18.1 Å². The van der Waals surface area contributed by atoms with Crippen LogP contribution in [0.15, 0.2) is 36.7 Å². The first-order valence-corrected chi connectivity index (χ1v) is 12.8. The lowest BCUT2D eigenvalue weighted by molar-refractivity contribution is 0.0792. The van der Waals surface area contributed by atoms with E-state index < -0.39 is 0 Å². The average molecular weight is 487 g/mol. The second kappa shape index (κ2) is 11.2. The smallest absolute Gasteiger partial charge is 0.272 e. The second-order valence-corrected chi connectivity index (χ2v) is 9.87. The lowest BCUT2D eigenvalue weighted by atomic mass is 10.0. The van der Waals surface area contributed by atoms with E-state index in [0.717, 1.165) is 92.5 Å². The number of hydrogen-bond acceptors (Lipinski definition) is 6. The van der Waals surface area contributed by atoms with Crippen LogP contribution in [0.4, 0.5) is 0 Å². The number of carbonyl (C=O) groups is 1. The van der Waals surface area contributed by atoms with Crippen LogP contribution in [-0.4, -0.2) is 80.9 Å². The van der Waals surface area contributed by atoms with Gasteiger partial charge in [0.2, 0.25) is 0 Å². The second-order valence-electron chi connectivity index (χ2n) is 9.87. The van der Waals surface area contributed by atoms with Gasteiger partial charge >= 0.3 is 0 Å². The van der Waals surface area contributed by atoms with E-state index in [1.165, 1.54) is 0 Å². The molecule has 4 heterocycles. The summed E-state index contributed by atoms with van der Waals surface area (Å²) in [6, 6.07) is 8.35. The quantitative estimate of drug-likeness (QED) is 0.464. The maximum absolute atomic E-state index is 13.1. The number of aliphatic hydroxyl groups is 1. The number of aliphatic hydroxyl groups excluding tert-OH is 1. The van der Waals surface area contributed by atoms with Gasteiger partial charge in [-0.2, -0.15) is 5.10 Å². The topological polar surface area (TPSA) is 97.4 Å². The van der Waals surface area contributed by atoms with Gasteiger partial charge in [-0.05, 0) is 61.9 Å². The van der Waals surface area contributed by atoms with Gasteiger partial charge in [0, 0.05) is 62.1 Å². The molecule has 3 aromatic rings. The summed E-state index contributed by atoms with van der Waals surface area (Å²) in [6.07, 6.45) is 7.07. The molecule has 0 atom stereocenters. The number of hydrogen-bond donors (Lipinski definition) is 3. The van der Waals surface area contributed by atoms with Gasteiger partial charge in [-0.25, -0.2) is 0 Å². The average Bonchev–Trinajstić information content (AvgIpc) is 3.33. The molecule has 1 amide bonds. The molecule has 188 valence electrons. The Morgan fingerprint density at radius 1 is 1.08 bits per heavy atom. The fraction of sp³-hybridized carbons (Fsp3) is 0.464. The summed E-state index contributed by atoms with van der Waals surface area (Å²) in [7, 11) is 0. The number of aromatic nitrogens is 3. The van der Waals surface area contributed by atoms with Crippen molar-refractivity contribution < 1.29 is 9.90 Å². The van der Waals surface area contributed by atoms with E-state index in [0.29, 0.717) is 5.69 Å². The Labute approximate surface area is 212 Å². The fourth-order valence-corrected chi connectivity index (χ4v) is 5.11. The van der Waals surface area contributed by atoms with Crippen LogP contribution in [0.3, 0.4) is 0 Å². The van der Waals surface area contributed by atoms with Gasteiger partial charge in [0.05, 0.1) is 18.2 Å². The maximum Gasteiger partial charge on any atom is 0.272 e. The fourth-order valence-electron chi connectivity index (χ4n) is 5.11. The zero-order chi connectivity index (χ0) is 24.9. The molecule has 36 heavy (non-hydrogen) atoms. The summed E-state index contributed by atoms with van der Waals surface area (Å²) in [4.78, 5) is 22.3. The Hall–Kier alpha value is -3.25. The van der Waals surface area contributed by atoms with E-state index in [2.05, 4.69) is 48.2 Å². The van der Waals surface area contributed by atoms with Gasteiger partial charge in [-0.1, -0.05) is 12.0 Å². The molecule has 8 nitrogen and oxygen atoms in total. The number of nitrogens with zero attached hydrogens (tertiary/aromatic N) is 4. The Balaban J connectivity index is 1.27. The SMILES string of the molecule is CC#CCN1CCC(NC(=O)c2n[nH]c3ccc(-c4cncc(CN5CCC(O)CC5)c4)cc23)CC1. The Kier molecular flexibility index (Phi) is 7.61. The monoisotopic (exact) mass is 486 g/mol. The predicted molar refractivity (Wildman–Crippen MR) is 140 cm³/mol. The number of benzene rings is 1. The number of fused-ring (bicyclic) bond motifs is 1. The summed E-state index contributed by atoms with van der Waals surface area (Å²) in [5.74, 6) is 5.93. The van der Waals surface area contributed by atoms with Crippen LogP contribution in [0.2, 0.25) is 0 Å². The predicted octanol–water partition coefficient (Wildman–Crippen LogP) is 2.80. The molecule has 0 aliphatic carbocycles. The van der Waals surface area contributed by atoms with Crippen molar-refractivity contribution in [2.24, 2.45) is 0 Å². The minimum Gasteiger partial charge on any atom is -0.393 e. The number of pyridine rings is 1. The van der Waals surface area contributed by atoms with Crippen LogP contribution >= 0.6 is 0 Å². The van der Waals surface area contributed by atoms with Crippen molar-refractivity contribution in [3.63, 3.8) is 0 Å². The molecular weight excluding hydrogens is 452 g/mol. The number of carbonyl (C=O) groups excluding carboxylic acids is 1. The molecule has 0 bridgehead atoms. The van der Waals surface area contributed by atoms with Gasteiger partial charge < -0.3 is 10.4 Å². The summed E-state index contributed by atoms with van der Waals surface area (Å²) >= 11 is 0. The zero-order valence-corrected chi connectivity index (χ0v) is 20.8. The van der Waals surface area contributed by atoms with E-state index in [9.17, 15) is 9.90 Å². The molecule has 0 unspecified atom stereocenters. The first kappa shape index (κ1) is 24.4. The van der Waals surface area contributed by atoms with Crippen molar-refractivity contribution >= 4 is 16.8 Å². The molecule has 0 spiro atoms. The van der Waals surface area contributed by atoms with Crippen molar-refractivity contribution in [3.05, 3.63) is 47.9 Å². The molecule has 0 saturated carbocycles. The number of likely N-dealkylation sites (tertiary alicyclic amines) is 2. The summed E-state index contributed by atoms with van der Waals surface area (Å²) in [6.45, 7) is 7.15. The minimum absolute atomic E-state index is 0.135. The van der Waals surface area contributed by atoms with Gasteiger partial charge in [-0.15, -0.1) is 5.92 Å². The van der Waals surface area contributed by atoms with Crippen LogP contribution in [0.25, 0.3) is 22.0 Å². The highest BCUT2D eigenvalue weighted by molar-refractivity contribution is 6.05. The Bertz CT molecular complexity index is 1260. The standard InChI is InChI=1S/C28H34N6O2/c1-2-3-10-33-11-6-23(7-12-33)30-28(36)27-25-16-21(4-5-26(25)31-32-27)22-15-20(17-29-18-22)19-34-13-8-24(35)9-14-34/h4-5,15-18,23-24,35H,6-14,19H2,1H3,(H,30,36)(H,31,32). The molecule has 2 saturated heterocycles. The Morgan fingerprint density at radius 2 is 1.86 bits per heavy atom. The van der Waals surface area contributed by atoms with Gasteiger partial charge in [-0.3, -0.25) is 24.7 Å². The molecule has 2 aromatic heterocycles. The maximum atomic E-state index is 13.1. The van der Waals surface area contributed by atoms with Gasteiger partial charge in [0.25, 0.3) is 5.91 Å². The van der Waals surface area contributed by atoms with Crippen molar-refractivity contribution in [1.29, 1.82) is 0 Å². The van der Waals surface area contributed by atoms with E-state index in [4.69, 9.17) is 0 Å². The Morgan fingerprint density at radius 3 is 2.64 bits per heavy atom. The molecule has 1 aromatic carbocycles. The number of rotatable bonds is 6. The van der Waals surface area contributed by atoms with Crippen molar-refractivity contribution in [3.8, 4) is 23.0 Å². The zero-order valence-electron chi connectivity index (χ0n) is 20.8. The lowest BCUT2D eigenvalue weighted by Crippen LogP contribution is -2.44. The highest BCUT2D eigenvalue weighted by Crippen LogP contribution is 2.26. The van der Waals surface area contributed by atoms with Gasteiger partial charge in [0.15, 0.2) is 5.69 Å². The third-order valence-electron chi connectivity index (χ3n) is 7.27. The van der Waals surface area contributed by atoms with Crippen molar-refractivity contribution in [2.45, 2.75) is 51.3 Å². The first-order chi connectivity index (χ1) is 17.6. The van der Waals surface area contributed by atoms with Crippen LogP contribution in [0.1, 0.15) is 48.7 Å². The summed E-state index contributed by atoms with van der Waals surface area (Å²) in [5, 5.41) is 21.1. The molecule has 0 radical (unpaired) electrons. The van der Waals surface area contributed by atoms with Crippen LogP contribution < -0.4 is 5.32 Å². The van der Waals surface area contributed by atoms with Crippen LogP contribution in [0.5, 0.6) is 0 Å². The largest absolute Gasteiger partial charge is 0.393 e. The molecule has 5 rings (SSSR count). The molecule has 8 heteroatoms. The number of amides is 1. The van der Waals surface area contributed by atoms with E-state index in [1.54, 1.807) is 0 Å².